The molecular formula is C24H18O6S2. The lowest BCUT2D eigenvalue weighted by molar-refractivity contribution is 0.482. The van der Waals surface area contributed by atoms with Crippen molar-refractivity contribution in [2.24, 2.45) is 0 Å². The summed E-state index contributed by atoms with van der Waals surface area (Å²) in [4.78, 5) is -1.21. The third kappa shape index (κ3) is 4.21. The standard InChI is InChI=1S/C24H18O6S2/c25-31(26,27)21-16-20(17-10-4-1-5-11-17)22(18-12-6-2-7-13-18)24(32(28,29)30)23(21)19-14-8-3-9-15-19/h1-16H,(H,25,26,27)(H,28,29,30). The van der Waals surface area contributed by atoms with E-state index < -0.39 is 30.0 Å². The summed E-state index contributed by atoms with van der Waals surface area (Å²) in [6.07, 6.45) is 0. The quantitative estimate of drug-likeness (QED) is 0.392. The second-order valence-electron chi connectivity index (χ2n) is 7.05. The average molecular weight is 467 g/mol. The molecule has 0 atom stereocenters. The van der Waals surface area contributed by atoms with Gasteiger partial charge in [-0.15, -0.1) is 0 Å². The minimum absolute atomic E-state index is 0.130. The third-order valence-electron chi connectivity index (χ3n) is 4.99. The fourth-order valence-corrected chi connectivity index (χ4v) is 5.49. The highest BCUT2D eigenvalue weighted by molar-refractivity contribution is 7.87. The molecule has 0 aromatic heterocycles. The molecule has 2 N–H and O–H groups in total. The van der Waals surface area contributed by atoms with E-state index in [4.69, 9.17) is 0 Å². The molecule has 4 aromatic rings. The SMILES string of the molecule is O=S(=O)(O)c1cc(-c2ccccc2)c(-c2ccccc2)c(S(=O)(=O)O)c1-c1ccccc1. The van der Waals surface area contributed by atoms with Gasteiger partial charge in [0.15, 0.2) is 0 Å². The van der Waals surface area contributed by atoms with Crippen LogP contribution >= 0.6 is 0 Å². The van der Waals surface area contributed by atoms with Crippen molar-refractivity contribution in [2.45, 2.75) is 9.79 Å². The van der Waals surface area contributed by atoms with Gasteiger partial charge < -0.3 is 0 Å². The summed E-state index contributed by atoms with van der Waals surface area (Å²) in [7, 11) is -9.82. The monoisotopic (exact) mass is 466 g/mol. The van der Waals surface area contributed by atoms with Crippen molar-refractivity contribution >= 4 is 20.2 Å². The van der Waals surface area contributed by atoms with Crippen molar-refractivity contribution in [1.82, 2.24) is 0 Å². The van der Waals surface area contributed by atoms with E-state index in [9.17, 15) is 25.9 Å². The van der Waals surface area contributed by atoms with Crippen LogP contribution in [0, 0.1) is 0 Å². The summed E-state index contributed by atoms with van der Waals surface area (Å²) in [5.74, 6) is 0. The van der Waals surface area contributed by atoms with Crippen LogP contribution in [0.2, 0.25) is 0 Å². The Bertz CT molecular complexity index is 1480. The van der Waals surface area contributed by atoms with Gasteiger partial charge in [-0.3, -0.25) is 9.11 Å². The van der Waals surface area contributed by atoms with Gasteiger partial charge in [-0.25, -0.2) is 0 Å². The highest BCUT2D eigenvalue weighted by Gasteiger charge is 2.32. The molecule has 4 aromatic carbocycles. The maximum absolute atomic E-state index is 12.8. The zero-order valence-corrected chi connectivity index (χ0v) is 18.2. The van der Waals surface area contributed by atoms with Crippen molar-refractivity contribution in [3.8, 4) is 33.4 Å². The maximum atomic E-state index is 12.8. The number of hydrogen-bond donors (Lipinski definition) is 2. The third-order valence-corrected chi connectivity index (χ3v) is 6.79. The molecule has 0 heterocycles. The molecule has 0 aliphatic carbocycles. The number of rotatable bonds is 5. The van der Waals surface area contributed by atoms with Gasteiger partial charge in [0.2, 0.25) is 0 Å². The lowest BCUT2D eigenvalue weighted by Crippen LogP contribution is -2.11. The molecule has 162 valence electrons. The first-order chi connectivity index (χ1) is 15.2. The van der Waals surface area contributed by atoms with Crippen molar-refractivity contribution in [3.05, 3.63) is 97.1 Å². The van der Waals surface area contributed by atoms with Gasteiger partial charge in [0.25, 0.3) is 20.2 Å². The zero-order chi connectivity index (χ0) is 22.9. The van der Waals surface area contributed by atoms with Crippen LogP contribution < -0.4 is 0 Å². The Morgan fingerprint density at radius 1 is 0.500 bits per heavy atom. The average Bonchev–Trinajstić information content (AvgIpc) is 2.78. The van der Waals surface area contributed by atoms with Crippen LogP contribution in [0.5, 0.6) is 0 Å². The first-order valence-corrected chi connectivity index (χ1v) is 12.4. The first kappa shape index (κ1) is 21.9. The fourth-order valence-electron chi connectivity index (χ4n) is 3.71. The summed E-state index contributed by atoms with van der Waals surface area (Å²) < 4.78 is 70.7. The Hall–Kier alpha value is -3.30. The van der Waals surface area contributed by atoms with E-state index in [1.54, 1.807) is 78.9 Å². The highest BCUT2D eigenvalue weighted by atomic mass is 32.2. The predicted molar refractivity (Wildman–Crippen MR) is 122 cm³/mol. The topological polar surface area (TPSA) is 109 Å². The van der Waals surface area contributed by atoms with Gasteiger partial charge in [0.05, 0.1) is 0 Å². The van der Waals surface area contributed by atoms with E-state index >= 15 is 0 Å². The van der Waals surface area contributed by atoms with E-state index in [2.05, 4.69) is 0 Å². The number of hydrogen-bond acceptors (Lipinski definition) is 4. The van der Waals surface area contributed by atoms with E-state index in [0.29, 0.717) is 11.1 Å². The van der Waals surface area contributed by atoms with E-state index in [0.717, 1.165) is 0 Å². The van der Waals surface area contributed by atoms with E-state index in [-0.39, 0.29) is 22.3 Å². The molecule has 0 aliphatic rings. The van der Waals surface area contributed by atoms with E-state index in [1.807, 2.05) is 0 Å². The zero-order valence-electron chi connectivity index (χ0n) is 16.6. The van der Waals surface area contributed by atoms with Crippen molar-refractivity contribution in [3.63, 3.8) is 0 Å². The summed E-state index contributed by atoms with van der Waals surface area (Å²) in [6.45, 7) is 0. The minimum atomic E-state index is -4.95. The van der Waals surface area contributed by atoms with Crippen LogP contribution in [0.3, 0.4) is 0 Å². The van der Waals surface area contributed by atoms with Crippen LogP contribution in [0.25, 0.3) is 33.4 Å². The number of benzene rings is 4. The second-order valence-corrected chi connectivity index (χ2v) is 9.80. The molecule has 8 heteroatoms. The Morgan fingerprint density at radius 2 is 0.906 bits per heavy atom. The molecule has 0 saturated heterocycles. The van der Waals surface area contributed by atoms with Crippen molar-refractivity contribution < 1.29 is 25.9 Å². The second kappa shape index (κ2) is 8.33. The molecular weight excluding hydrogens is 448 g/mol. The van der Waals surface area contributed by atoms with Crippen LogP contribution in [0.15, 0.2) is 107 Å². The lowest BCUT2D eigenvalue weighted by atomic mass is 9.90. The van der Waals surface area contributed by atoms with Crippen LogP contribution in [0.4, 0.5) is 0 Å². The molecule has 0 unspecified atom stereocenters. The Morgan fingerprint density at radius 3 is 1.31 bits per heavy atom. The summed E-state index contributed by atoms with van der Waals surface area (Å²) in [6, 6.07) is 26.2. The van der Waals surface area contributed by atoms with Gasteiger partial charge >= 0.3 is 0 Å². The minimum Gasteiger partial charge on any atom is -0.282 e. The molecule has 4 rings (SSSR count). The molecule has 0 radical (unpaired) electrons. The molecule has 32 heavy (non-hydrogen) atoms. The molecule has 6 nitrogen and oxygen atoms in total. The smallest absolute Gasteiger partial charge is 0.282 e. The molecule has 0 fully saturated rings. The Labute approximate surface area is 186 Å². The molecule has 0 saturated carbocycles. The molecule has 0 amide bonds. The van der Waals surface area contributed by atoms with Crippen LogP contribution in [-0.4, -0.2) is 25.9 Å². The Kier molecular flexibility index (Phi) is 5.70. The van der Waals surface area contributed by atoms with Gasteiger partial charge in [-0.1, -0.05) is 91.0 Å². The lowest BCUT2D eigenvalue weighted by Gasteiger charge is -2.20. The van der Waals surface area contributed by atoms with Crippen LogP contribution in [-0.2, 0) is 20.2 Å². The summed E-state index contributed by atoms with van der Waals surface area (Å²) >= 11 is 0. The molecule has 0 aliphatic heterocycles. The highest BCUT2D eigenvalue weighted by Crippen LogP contribution is 2.45. The van der Waals surface area contributed by atoms with Crippen molar-refractivity contribution in [2.75, 3.05) is 0 Å². The van der Waals surface area contributed by atoms with Gasteiger partial charge in [-0.2, -0.15) is 16.8 Å². The molecule has 0 bridgehead atoms. The summed E-state index contributed by atoms with van der Waals surface area (Å²) in [5.41, 5.74) is 1.25. The maximum Gasteiger partial charge on any atom is 0.295 e. The Balaban J connectivity index is 2.32. The van der Waals surface area contributed by atoms with Gasteiger partial charge in [-0.05, 0) is 28.3 Å². The first-order valence-electron chi connectivity index (χ1n) is 9.50. The molecule has 0 spiro atoms. The fraction of sp³-hybridized carbons (Fsp3) is 0. The predicted octanol–water partition coefficient (Wildman–Crippen LogP) is 5.18. The largest absolute Gasteiger partial charge is 0.295 e. The van der Waals surface area contributed by atoms with Gasteiger partial charge in [0.1, 0.15) is 9.79 Å². The summed E-state index contributed by atoms with van der Waals surface area (Å²) in [5, 5.41) is 0. The normalized spacial score (nSPS) is 11.9. The van der Waals surface area contributed by atoms with Gasteiger partial charge in [0, 0.05) is 11.1 Å². The van der Waals surface area contributed by atoms with E-state index in [1.165, 1.54) is 18.2 Å². The van der Waals surface area contributed by atoms with Crippen molar-refractivity contribution in [1.29, 1.82) is 0 Å². The van der Waals surface area contributed by atoms with Crippen LogP contribution in [0.1, 0.15) is 0 Å².